The number of anilines is 1. The Morgan fingerprint density at radius 1 is 1.17 bits per heavy atom. The van der Waals surface area contributed by atoms with Crippen LogP contribution in [-0.2, 0) is 6.42 Å². The maximum absolute atomic E-state index is 4.49. The molecule has 2 heterocycles. The Labute approximate surface area is 112 Å². The summed E-state index contributed by atoms with van der Waals surface area (Å²) in [5.41, 5.74) is 5.71. The lowest BCUT2D eigenvalue weighted by Gasteiger charge is -2.17. The largest absolute Gasteiger partial charge is 0.372 e. The highest BCUT2D eigenvalue weighted by Gasteiger charge is 2.13. The molecule has 0 bridgehead atoms. The van der Waals surface area contributed by atoms with Gasteiger partial charge in [0.25, 0.3) is 0 Å². The zero-order valence-corrected chi connectivity index (χ0v) is 11.5. The molecule has 0 unspecified atom stereocenters. The summed E-state index contributed by atoms with van der Waals surface area (Å²) in [7, 11) is 0. The Morgan fingerprint density at radius 2 is 1.89 bits per heavy atom. The van der Waals surface area contributed by atoms with Crippen molar-refractivity contribution in [3.8, 4) is 11.3 Å². The predicted molar refractivity (Wildman–Crippen MR) is 78.4 cm³/mol. The van der Waals surface area contributed by atoms with Gasteiger partial charge in [-0.1, -0.05) is 19.1 Å². The van der Waals surface area contributed by atoms with Crippen molar-refractivity contribution in [3.05, 3.63) is 34.7 Å². The van der Waals surface area contributed by atoms with Crippen molar-refractivity contribution in [2.24, 2.45) is 0 Å². The topological polar surface area (TPSA) is 16.1 Å². The molecule has 3 heteroatoms. The summed E-state index contributed by atoms with van der Waals surface area (Å²) in [6.07, 6.45) is 3.72. The van der Waals surface area contributed by atoms with E-state index in [9.17, 15) is 0 Å². The summed E-state index contributed by atoms with van der Waals surface area (Å²) in [6.45, 7) is 4.60. The summed E-state index contributed by atoms with van der Waals surface area (Å²) in [5.74, 6) is 0. The monoisotopic (exact) mass is 258 g/mol. The smallest absolute Gasteiger partial charge is 0.0843 e. The Morgan fingerprint density at radius 3 is 2.56 bits per heavy atom. The average molecular weight is 258 g/mol. The molecule has 2 aromatic rings. The van der Waals surface area contributed by atoms with Crippen LogP contribution in [0.2, 0.25) is 0 Å². The van der Waals surface area contributed by atoms with Gasteiger partial charge in [-0.15, -0.1) is 11.3 Å². The fourth-order valence-electron chi connectivity index (χ4n) is 2.56. The molecule has 3 rings (SSSR count). The number of aryl methyl sites for hydroxylation is 1. The van der Waals surface area contributed by atoms with Gasteiger partial charge in [0.05, 0.1) is 11.2 Å². The molecule has 0 aliphatic carbocycles. The van der Waals surface area contributed by atoms with Crippen molar-refractivity contribution in [3.63, 3.8) is 0 Å². The number of nitrogens with zero attached hydrogens (tertiary/aromatic N) is 2. The molecule has 1 aromatic heterocycles. The highest BCUT2D eigenvalue weighted by Crippen LogP contribution is 2.28. The van der Waals surface area contributed by atoms with Crippen LogP contribution in [0, 0.1) is 0 Å². The summed E-state index contributed by atoms with van der Waals surface area (Å²) in [4.78, 5) is 8.33. The minimum absolute atomic E-state index is 1.06. The first-order valence-corrected chi connectivity index (χ1v) is 7.54. The SMILES string of the molecule is CCc1scnc1-c1ccc(N2CCCC2)cc1. The van der Waals surface area contributed by atoms with Crippen molar-refractivity contribution in [1.82, 2.24) is 4.98 Å². The third-order valence-electron chi connectivity index (χ3n) is 3.57. The summed E-state index contributed by atoms with van der Waals surface area (Å²) < 4.78 is 0. The second-order valence-corrected chi connectivity index (χ2v) is 5.66. The van der Waals surface area contributed by atoms with Crippen LogP contribution in [0.5, 0.6) is 0 Å². The maximum atomic E-state index is 4.49. The van der Waals surface area contributed by atoms with Crippen LogP contribution >= 0.6 is 11.3 Å². The molecule has 0 spiro atoms. The zero-order valence-electron chi connectivity index (χ0n) is 10.7. The fourth-order valence-corrected chi connectivity index (χ4v) is 3.30. The van der Waals surface area contributed by atoms with Crippen LogP contribution in [0.3, 0.4) is 0 Å². The van der Waals surface area contributed by atoms with Crippen LogP contribution in [0.1, 0.15) is 24.6 Å². The van der Waals surface area contributed by atoms with Gasteiger partial charge in [-0.3, -0.25) is 0 Å². The zero-order chi connectivity index (χ0) is 12.4. The van der Waals surface area contributed by atoms with Crippen LogP contribution in [0.4, 0.5) is 5.69 Å². The number of rotatable bonds is 3. The molecule has 1 saturated heterocycles. The minimum atomic E-state index is 1.06. The van der Waals surface area contributed by atoms with E-state index in [1.54, 1.807) is 11.3 Å². The second-order valence-electron chi connectivity index (χ2n) is 4.72. The van der Waals surface area contributed by atoms with E-state index < -0.39 is 0 Å². The normalized spacial score (nSPS) is 15.3. The number of benzene rings is 1. The third-order valence-corrected chi connectivity index (χ3v) is 4.55. The Balaban J connectivity index is 1.86. The standard InChI is InChI=1S/C15H18N2S/c1-2-14-15(16-11-18-14)12-5-7-13(8-6-12)17-9-3-4-10-17/h5-8,11H,2-4,9-10H2,1H3. The van der Waals surface area contributed by atoms with E-state index in [1.807, 2.05) is 5.51 Å². The van der Waals surface area contributed by atoms with E-state index in [0.717, 1.165) is 12.1 Å². The van der Waals surface area contributed by atoms with Gasteiger partial charge in [0.1, 0.15) is 0 Å². The molecule has 0 N–H and O–H groups in total. The molecule has 1 aromatic carbocycles. The van der Waals surface area contributed by atoms with Crippen LogP contribution < -0.4 is 4.90 Å². The van der Waals surface area contributed by atoms with Crippen molar-refractivity contribution < 1.29 is 0 Å². The van der Waals surface area contributed by atoms with E-state index >= 15 is 0 Å². The lowest BCUT2D eigenvalue weighted by Crippen LogP contribution is -2.17. The highest BCUT2D eigenvalue weighted by atomic mass is 32.1. The van der Waals surface area contributed by atoms with E-state index in [-0.39, 0.29) is 0 Å². The van der Waals surface area contributed by atoms with Gasteiger partial charge < -0.3 is 4.90 Å². The molecular formula is C15H18N2S. The van der Waals surface area contributed by atoms with Gasteiger partial charge >= 0.3 is 0 Å². The average Bonchev–Trinajstić information content (AvgIpc) is 3.10. The van der Waals surface area contributed by atoms with Crippen molar-refractivity contribution in [2.75, 3.05) is 18.0 Å². The number of thiazole rings is 1. The van der Waals surface area contributed by atoms with Crippen LogP contribution in [0.15, 0.2) is 29.8 Å². The summed E-state index contributed by atoms with van der Waals surface area (Å²) in [5, 5.41) is 0. The van der Waals surface area contributed by atoms with Crippen molar-refractivity contribution >= 4 is 17.0 Å². The molecule has 18 heavy (non-hydrogen) atoms. The molecular weight excluding hydrogens is 240 g/mol. The van der Waals surface area contributed by atoms with E-state index in [0.29, 0.717) is 0 Å². The molecule has 0 radical (unpaired) electrons. The predicted octanol–water partition coefficient (Wildman–Crippen LogP) is 3.97. The minimum Gasteiger partial charge on any atom is -0.372 e. The molecule has 1 fully saturated rings. The summed E-state index contributed by atoms with van der Waals surface area (Å²) in [6, 6.07) is 8.89. The van der Waals surface area contributed by atoms with Crippen LogP contribution in [-0.4, -0.2) is 18.1 Å². The highest BCUT2D eigenvalue weighted by molar-refractivity contribution is 7.10. The van der Waals surface area contributed by atoms with Crippen molar-refractivity contribution in [2.45, 2.75) is 26.2 Å². The molecule has 1 aliphatic heterocycles. The fraction of sp³-hybridized carbons (Fsp3) is 0.400. The quantitative estimate of drug-likeness (QED) is 0.828. The van der Waals surface area contributed by atoms with Gasteiger partial charge in [-0.25, -0.2) is 4.98 Å². The van der Waals surface area contributed by atoms with Crippen LogP contribution in [0.25, 0.3) is 11.3 Å². The molecule has 0 saturated carbocycles. The van der Waals surface area contributed by atoms with Gasteiger partial charge in [0, 0.05) is 29.2 Å². The first-order valence-electron chi connectivity index (χ1n) is 6.66. The molecule has 1 aliphatic rings. The number of aromatic nitrogens is 1. The summed E-state index contributed by atoms with van der Waals surface area (Å²) >= 11 is 1.75. The molecule has 0 amide bonds. The third kappa shape index (κ3) is 2.15. The number of hydrogen-bond donors (Lipinski definition) is 0. The van der Waals surface area contributed by atoms with Gasteiger partial charge in [0.2, 0.25) is 0 Å². The molecule has 94 valence electrons. The molecule has 2 nitrogen and oxygen atoms in total. The Bertz CT molecular complexity index is 510. The van der Waals surface area contributed by atoms with E-state index in [2.05, 4.69) is 41.1 Å². The number of hydrogen-bond acceptors (Lipinski definition) is 3. The second kappa shape index (κ2) is 5.11. The lowest BCUT2D eigenvalue weighted by molar-refractivity contribution is 0.949. The first kappa shape index (κ1) is 11.7. The Hall–Kier alpha value is -1.35. The molecule has 0 atom stereocenters. The van der Waals surface area contributed by atoms with Gasteiger partial charge in [-0.05, 0) is 31.4 Å². The van der Waals surface area contributed by atoms with Gasteiger partial charge in [-0.2, -0.15) is 0 Å². The Kier molecular flexibility index (Phi) is 3.33. The van der Waals surface area contributed by atoms with Crippen molar-refractivity contribution in [1.29, 1.82) is 0 Å². The first-order chi connectivity index (χ1) is 8.88. The lowest BCUT2D eigenvalue weighted by atomic mass is 10.1. The van der Waals surface area contributed by atoms with E-state index in [1.165, 1.54) is 42.1 Å². The maximum Gasteiger partial charge on any atom is 0.0843 e. The van der Waals surface area contributed by atoms with E-state index in [4.69, 9.17) is 0 Å². The van der Waals surface area contributed by atoms with Gasteiger partial charge in [0.15, 0.2) is 0 Å².